The van der Waals surface area contributed by atoms with E-state index in [9.17, 15) is 4.79 Å². The van der Waals surface area contributed by atoms with Crippen LogP contribution in [0.5, 0.6) is 0 Å². The lowest BCUT2D eigenvalue weighted by molar-refractivity contribution is -0.122. The minimum atomic E-state index is -0.177. The zero-order valence-electron chi connectivity index (χ0n) is 11.1. The van der Waals surface area contributed by atoms with Crippen LogP contribution in [0.15, 0.2) is 36.5 Å². The number of benzene rings is 1. The van der Waals surface area contributed by atoms with Gasteiger partial charge in [-0.15, -0.1) is 0 Å². The maximum Gasteiger partial charge on any atom is 0.237 e. The van der Waals surface area contributed by atoms with Gasteiger partial charge in [0, 0.05) is 12.7 Å². The van der Waals surface area contributed by atoms with Crippen LogP contribution < -0.4 is 10.6 Å². The first-order chi connectivity index (χ1) is 9.20. The van der Waals surface area contributed by atoms with E-state index in [1.807, 2.05) is 37.3 Å². The minimum Gasteiger partial charge on any atom is -0.351 e. The van der Waals surface area contributed by atoms with Crippen molar-refractivity contribution < 1.29 is 4.79 Å². The molecule has 0 aliphatic carbocycles. The highest BCUT2D eigenvalue weighted by atomic mass is 16.2. The van der Waals surface area contributed by atoms with Crippen LogP contribution in [0, 0.1) is 0 Å². The van der Waals surface area contributed by atoms with Gasteiger partial charge in [0.15, 0.2) is 0 Å². The van der Waals surface area contributed by atoms with Gasteiger partial charge in [-0.2, -0.15) is 5.10 Å². The van der Waals surface area contributed by atoms with Crippen LogP contribution in [-0.2, 0) is 11.3 Å². The molecule has 3 N–H and O–H groups in total. The summed E-state index contributed by atoms with van der Waals surface area (Å²) in [4.78, 5) is 11.6. The van der Waals surface area contributed by atoms with Gasteiger partial charge in [0.05, 0.1) is 11.7 Å². The maximum absolute atomic E-state index is 11.6. The Hall–Kier alpha value is -2.14. The third-order valence-corrected chi connectivity index (χ3v) is 3.06. The summed E-state index contributed by atoms with van der Waals surface area (Å²) in [6.45, 7) is 2.37. The molecule has 1 amide bonds. The van der Waals surface area contributed by atoms with E-state index in [0.717, 1.165) is 16.8 Å². The predicted molar refractivity (Wildman–Crippen MR) is 74.4 cm³/mol. The second-order valence-corrected chi connectivity index (χ2v) is 4.40. The van der Waals surface area contributed by atoms with Crippen molar-refractivity contribution in [1.29, 1.82) is 0 Å². The highest BCUT2D eigenvalue weighted by molar-refractivity contribution is 5.81. The molecule has 1 atom stereocenters. The van der Waals surface area contributed by atoms with Gasteiger partial charge in [0.25, 0.3) is 0 Å². The number of nitrogens with zero attached hydrogens (tertiary/aromatic N) is 1. The largest absolute Gasteiger partial charge is 0.351 e. The summed E-state index contributed by atoms with van der Waals surface area (Å²) in [7, 11) is 1.77. The molecule has 5 heteroatoms. The van der Waals surface area contributed by atoms with Gasteiger partial charge in [-0.05, 0) is 31.2 Å². The third-order valence-electron chi connectivity index (χ3n) is 3.06. The normalized spacial score (nSPS) is 12.1. The second-order valence-electron chi connectivity index (χ2n) is 4.40. The van der Waals surface area contributed by atoms with Crippen LogP contribution >= 0.6 is 0 Å². The SMILES string of the molecule is CNC(C)C(=O)NCc1ccc(-c2ccn[nH]2)cc1. The van der Waals surface area contributed by atoms with Crippen LogP contribution in [0.4, 0.5) is 0 Å². The highest BCUT2D eigenvalue weighted by Gasteiger charge is 2.09. The van der Waals surface area contributed by atoms with E-state index in [-0.39, 0.29) is 11.9 Å². The van der Waals surface area contributed by atoms with Crippen molar-refractivity contribution in [2.45, 2.75) is 19.5 Å². The van der Waals surface area contributed by atoms with Crippen LogP contribution in [0.3, 0.4) is 0 Å². The van der Waals surface area contributed by atoms with Crippen LogP contribution in [0.2, 0.25) is 0 Å². The summed E-state index contributed by atoms with van der Waals surface area (Å²) < 4.78 is 0. The van der Waals surface area contributed by atoms with E-state index in [1.165, 1.54) is 0 Å². The van der Waals surface area contributed by atoms with Crippen LogP contribution in [0.1, 0.15) is 12.5 Å². The Balaban J connectivity index is 1.94. The van der Waals surface area contributed by atoms with E-state index in [1.54, 1.807) is 13.2 Å². The Morgan fingerprint density at radius 3 is 2.63 bits per heavy atom. The molecule has 19 heavy (non-hydrogen) atoms. The monoisotopic (exact) mass is 258 g/mol. The van der Waals surface area contributed by atoms with E-state index >= 15 is 0 Å². The van der Waals surface area contributed by atoms with E-state index in [2.05, 4.69) is 20.8 Å². The summed E-state index contributed by atoms with van der Waals surface area (Å²) in [6.07, 6.45) is 1.72. The fraction of sp³-hybridized carbons (Fsp3) is 0.286. The Kier molecular flexibility index (Phi) is 4.30. The molecular formula is C14H18N4O. The topological polar surface area (TPSA) is 69.8 Å². The minimum absolute atomic E-state index is 0.000134. The van der Waals surface area contributed by atoms with Crippen molar-refractivity contribution in [3.63, 3.8) is 0 Å². The van der Waals surface area contributed by atoms with Crippen molar-refractivity contribution in [2.24, 2.45) is 0 Å². The Labute approximate surface area is 112 Å². The van der Waals surface area contributed by atoms with Gasteiger partial charge in [0.2, 0.25) is 5.91 Å². The van der Waals surface area contributed by atoms with E-state index in [4.69, 9.17) is 0 Å². The summed E-state index contributed by atoms with van der Waals surface area (Å²) in [5.41, 5.74) is 3.13. The summed E-state index contributed by atoms with van der Waals surface area (Å²) in [5.74, 6) is 0.000134. The molecule has 0 bridgehead atoms. The molecule has 5 nitrogen and oxygen atoms in total. The average Bonchev–Trinajstić information content (AvgIpc) is 2.98. The number of hydrogen-bond donors (Lipinski definition) is 3. The first-order valence-corrected chi connectivity index (χ1v) is 6.24. The summed E-state index contributed by atoms with van der Waals surface area (Å²) in [5, 5.41) is 12.6. The van der Waals surface area contributed by atoms with Crippen molar-refractivity contribution in [1.82, 2.24) is 20.8 Å². The molecule has 0 aliphatic heterocycles. The molecule has 0 saturated carbocycles. The smallest absolute Gasteiger partial charge is 0.237 e. The highest BCUT2D eigenvalue weighted by Crippen LogP contribution is 2.16. The van der Waals surface area contributed by atoms with Gasteiger partial charge < -0.3 is 10.6 Å². The quantitative estimate of drug-likeness (QED) is 0.757. The second kappa shape index (κ2) is 6.15. The molecular weight excluding hydrogens is 240 g/mol. The number of H-pyrrole nitrogens is 1. The molecule has 0 aliphatic rings. The average molecular weight is 258 g/mol. The number of amides is 1. The molecule has 0 spiro atoms. The molecule has 1 aromatic carbocycles. The Morgan fingerprint density at radius 2 is 2.05 bits per heavy atom. The molecule has 1 heterocycles. The van der Waals surface area contributed by atoms with Crippen LogP contribution in [-0.4, -0.2) is 29.2 Å². The zero-order valence-corrected chi connectivity index (χ0v) is 11.1. The number of nitrogens with one attached hydrogen (secondary N) is 3. The number of carbonyl (C=O) groups excluding carboxylic acids is 1. The number of hydrogen-bond acceptors (Lipinski definition) is 3. The van der Waals surface area contributed by atoms with Crippen LogP contribution in [0.25, 0.3) is 11.3 Å². The molecule has 0 saturated heterocycles. The van der Waals surface area contributed by atoms with Crippen molar-refractivity contribution >= 4 is 5.91 Å². The molecule has 1 unspecified atom stereocenters. The summed E-state index contributed by atoms with van der Waals surface area (Å²) >= 11 is 0. The number of carbonyl (C=O) groups is 1. The van der Waals surface area contributed by atoms with Gasteiger partial charge in [0.1, 0.15) is 0 Å². The molecule has 1 aromatic heterocycles. The number of aromatic nitrogens is 2. The van der Waals surface area contributed by atoms with E-state index < -0.39 is 0 Å². The fourth-order valence-electron chi connectivity index (χ4n) is 1.69. The first kappa shape index (κ1) is 13.3. The lowest BCUT2D eigenvalue weighted by atomic mass is 10.1. The van der Waals surface area contributed by atoms with Gasteiger partial charge in [-0.1, -0.05) is 24.3 Å². The van der Waals surface area contributed by atoms with Crippen molar-refractivity contribution in [2.75, 3.05) is 7.05 Å². The first-order valence-electron chi connectivity index (χ1n) is 6.24. The molecule has 2 rings (SSSR count). The molecule has 100 valence electrons. The molecule has 0 radical (unpaired) electrons. The molecule has 2 aromatic rings. The maximum atomic E-state index is 11.6. The lowest BCUT2D eigenvalue weighted by Gasteiger charge is -2.11. The Bertz CT molecular complexity index is 519. The third kappa shape index (κ3) is 3.42. The summed E-state index contributed by atoms with van der Waals surface area (Å²) in [6, 6.07) is 9.77. The van der Waals surface area contributed by atoms with Gasteiger partial charge in [-0.3, -0.25) is 9.89 Å². The standard InChI is InChI=1S/C14H18N4O/c1-10(15-2)14(19)16-9-11-3-5-12(6-4-11)13-7-8-17-18-13/h3-8,10,15H,9H2,1-2H3,(H,16,19)(H,17,18). The van der Waals surface area contributed by atoms with E-state index in [0.29, 0.717) is 6.54 Å². The molecule has 0 fully saturated rings. The Morgan fingerprint density at radius 1 is 1.32 bits per heavy atom. The predicted octanol–water partition coefficient (Wildman–Crippen LogP) is 1.30. The van der Waals surface area contributed by atoms with Crippen molar-refractivity contribution in [3.8, 4) is 11.3 Å². The number of aromatic amines is 1. The lowest BCUT2D eigenvalue weighted by Crippen LogP contribution is -2.39. The fourth-order valence-corrected chi connectivity index (χ4v) is 1.69. The van der Waals surface area contributed by atoms with Gasteiger partial charge >= 0.3 is 0 Å². The van der Waals surface area contributed by atoms with Gasteiger partial charge in [-0.25, -0.2) is 0 Å². The zero-order chi connectivity index (χ0) is 13.7. The van der Waals surface area contributed by atoms with Crippen molar-refractivity contribution in [3.05, 3.63) is 42.1 Å². The number of rotatable bonds is 5. The number of likely N-dealkylation sites (N-methyl/N-ethyl adjacent to an activating group) is 1.